The molecule has 3 aromatic carbocycles. The second-order valence-electron chi connectivity index (χ2n) is 8.30. The first-order valence-electron chi connectivity index (χ1n) is 10.4. The van der Waals surface area contributed by atoms with Crippen LogP contribution in [0.5, 0.6) is 5.75 Å². The van der Waals surface area contributed by atoms with E-state index >= 15 is 0 Å². The Morgan fingerprint density at radius 2 is 1.69 bits per heavy atom. The van der Waals surface area contributed by atoms with Crippen molar-refractivity contribution >= 4 is 29.1 Å². The molecule has 0 radical (unpaired) electrons. The van der Waals surface area contributed by atoms with Gasteiger partial charge in [-0.2, -0.15) is 0 Å². The molecule has 168 valence electrons. The SMILES string of the molecule is CC(NC(=O)C(C)(C)Oc1ccc(Cl)c(F)c1)C(Cc1ccc(Cl)cc1)c1ccccc1. The summed E-state index contributed by atoms with van der Waals surface area (Å²) in [5.74, 6) is -0.621. The van der Waals surface area contributed by atoms with Crippen molar-refractivity contribution in [2.45, 2.75) is 44.8 Å². The highest BCUT2D eigenvalue weighted by Crippen LogP contribution is 2.27. The maximum absolute atomic E-state index is 13.8. The molecule has 3 aromatic rings. The average molecular weight is 474 g/mol. The van der Waals surface area contributed by atoms with E-state index in [4.69, 9.17) is 27.9 Å². The van der Waals surface area contributed by atoms with Crippen LogP contribution in [-0.2, 0) is 11.2 Å². The molecule has 0 aromatic heterocycles. The third-order valence-corrected chi connectivity index (χ3v) is 5.93. The summed E-state index contributed by atoms with van der Waals surface area (Å²) in [5, 5.41) is 3.77. The van der Waals surface area contributed by atoms with Crippen LogP contribution >= 0.6 is 23.2 Å². The predicted molar refractivity (Wildman–Crippen MR) is 128 cm³/mol. The van der Waals surface area contributed by atoms with Crippen LogP contribution in [0.1, 0.15) is 37.8 Å². The molecule has 3 rings (SSSR count). The maximum Gasteiger partial charge on any atom is 0.263 e. The van der Waals surface area contributed by atoms with Crippen molar-refractivity contribution in [3.8, 4) is 5.75 Å². The van der Waals surface area contributed by atoms with Crippen LogP contribution < -0.4 is 10.1 Å². The molecule has 0 saturated carbocycles. The number of hydrogen-bond acceptors (Lipinski definition) is 2. The summed E-state index contributed by atoms with van der Waals surface area (Å²) in [4.78, 5) is 13.1. The van der Waals surface area contributed by atoms with Gasteiger partial charge in [0.1, 0.15) is 11.6 Å². The van der Waals surface area contributed by atoms with Gasteiger partial charge in [0.25, 0.3) is 5.91 Å². The number of hydrogen-bond donors (Lipinski definition) is 1. The molecule has 1 amide bonds. The smallest absolute Gasteiger partial charge is 0.263 e. The van der Waals surface area contributed by atoms with E-state index in [0.717, 1.165) is 17.5 Å². The van der Waals surface area contributed by atoms with E-state index in [1.165, 1.54) is 18.2 Å². The summed E-state index contributed by atoms with van der Waals surface area (Å²) in [6.45, 7) is 5.28. The summed E-state index contributed by atoms with van der Waals surface area (Å²) < 4.78 is 19.6. The number of ether oxygens (including phenoxy) is 1. The minimum Gasteiger partial charge on any atom is -0.478 e. The number of nitrogens with one attached hydrogen (secondary N) is 1. The average Bonchev–Trinajstić information content (AvgIpc) is 2.76. The van der Waals surface area contributed by atoms with Gasteiger partial charge >= 0.3 is 0 Å². The quantitative estimate of drug-likeness (QED) is 0.389. The second-order valence-corrected chi connectivity index (χ2v) is 9.14. The van der Waals surface area contributed by atoms with Gasteiger partial charge in [-0.15, -0.1) is 0 Å². The molecular formula is C26H26Cl2FNO2. The number of carbonyl (C=O) groups excluding carboxylic acids is 1. The lowest BCUT2D eigenvalue weighted by Gasteiger charge is -2.31. The summed E-state index contributed by atoms with van der Waals surface area (Å²) in [5.41, 5.74) is 1.03. The fourth-order valence-electron chi connectivity index (χ4n) is 3.52. The molecule has 0 aliphatic rings. The van der Waals surface area contributed by atoms with Gasteiger partial charge in [0.05, 0.1) is 5.02 Å². The van der Waals surface area contributed by atoms with Gasteiger partial charge in [0.2, 0.25) is 0 Å². The molecule has 2 unspecified atom stereocenters. The minimum atomic E-state index is -1.21. The van der Waals surface area contributed by atoms with Gasteiger partial charge < -0.3 is 10.1 Å². The molecule has 0 aliphatic carbocycles. The number of halogens is 3. The van der Waals surface area contributed by atoms with Gasteiger partial charge in [-0.25, -0.2) is 4.39 Å². The van der Waals surface area contributed by atoms with E-state index in [0.29, 0.717) is 5.02 Å². The molecule has 0 aliphatic heterocycles. The lowest BCUT2D eigenvalue weighted by molar-refractivity contribution is -0.135. The van der Waals surface area contributed by atoms with Crippen LogP contribution in [0.25, 0.3) is 0 Å². The highest BCUT2D eigenvalue weighted by Gasteiger charge is 2.33. The molecule has 6 heteroatoms. The van der Waals surface area contributed by atoms with Crippen molar-refractivity contribution in [3.63, 3.8) is 0 Å². The zero-order valence-electron chi connectivity index (χ0n) is 18.2. The first-order valence-corrected chi connectivity index (χ1v) is 11.2. The molecule has 3 nitrogen and oxygen atoms in total. The van der Waals surface area contributed by atoms with Crippen LogP contribution in [0.4, 0.5) is 4.39 Å². The Labute approximate surface area is 198 Å². The summed E-state index contributed by atoms with van der Waals surface area (Å²) >= 11 is 11.8. The Bertz CT molecular complexity index is 1060. The zero-order chi connectivity index (χ0) is 23.3. The molecule has 2 atom stereocenters. The van der Waals surface area contributed by atoms with Crippen LogP contribution in [0.15, 0.2) is 72.8 Å². The molecule has 0 fully saturated rings. The Balaban J connectivity index is 1.76. The Morgan fingerprint density at radius 3 is 2.31 bits per heavy atom. The molecule has 32 heavy (non-hydrogen) atoms. The van der Waals surface area contributed by atoms with Gasteiger partial charge in [-0.05, 0) is 62.6 Å². The van der Waals surface area contributed by atoms with E-state index < -0.39 is 11.4 Å². The topological polar surface area (TPSA) is 38.3 Å². The number of amides is 1. The van der Waals surface area contributed by atoms with Gasteiger partial charge in [-0.1, -0.05) is 65.7 Å². The molecule has 0 saturated heterocycles. The molecule has 0 bridgehead atoms. The normalized spacial score (nSPS) is 13.3. The van der Waals surface area contributed by atoms with Crippen LogP contribution in [0.3, 0.4) is 0 Å². The predicted octanol–water partition coefficient (Wildman–Crippen LogP) is 6.82. The monoisotopic (exact) mass is 473 g/mol. The van der Waals surface area contributed by atoms with Crippen molar-refractivity contribution in [1.82, 2.24) is 5.32 Å². The Hall–Kier alpha value is -2.56. The van der Waals surface area contributed by atoms with E-state index in [9.17, 15) is 9.18 Å². The van der Waals surface area contributed by atoms with Gasteiger partial charge in [-0.3, -0.25) is 4.79 Å². The van der Waals surface area contributed by atoms with Crippen molar-refractivity contribution in [2.24, 2.45) is 0 Å². The van der Waals surface area contributed by atoms with E-state index in [1.54, 1.807) is 13.8 Å². The molecule has 1 N–H and O–H groups in total. The largest absolute Gasteiger partial charge is 0.478 e. The van der Waals surface area contributed by atoms with Crippen molar-refractivity contribution < 1.29 is 13.9 Å². The highest BCUT2D eigenvalue weighted by atomic mass is 35.5. The number of rotatable bonds is 8. The molecule has 0 heterocycles. The minimum absolute atomic E-state index is 0.00105. The molecule has 0 spiro atoms. The highest BCUT2D eigenvalue weighted by molar-refractivity contribution is 6.30. The third kappa shape index (κ3) is 6.24. The third-order valence-electron chi connectivity index (χ3n) is 5.37. The first kappa shape index (κ1) is 24.1. The van der Waals surface area contributed by atoms with Gasteiger partial charge in [0.15, 0.2) is 5.60 Å². The molecular weight excluding hydrogens is 448 g/mol. The Morgan fingerprint density at radius 1 is 1.03 bits per heavy atom. The second kappa shape index (κ2) is 10.4. The lowest BCUT2D eigenvalue weighted by atomic mass is 9.86. The van der Waals surface area contributed by atoms with Gasteiger partial charge in [0, 0.05) is 23.0 Å². The maximum atomic E-state index is 13.8. The van der Waals surface area contributed by atoms with Crippen molar-refractivity contribution in [3.05, 3.63) is 99.8 Å². The van der Waals surface area contributed by atoms with Crippen molar-refractivity contribution in [1.29, 1.82) is 0 Å². The fraction of sp³-hybridized carbons (Fsp3) is 0.269. The number of carbonyl (C=O) groups is 1. The lowest BCUT2D eigenvalue weighted by Crippen LogP contribution is -2.51. The Kier molecular flexibility index (Phi) is 7.81. The summed E-state index contributed by atoms with van der Waals surface area (Å²) in [6.07, 6.45) is 0.728. The summed E-state index contributed by atoms with van der Waals surface area (Å²) in [6, 6.07) is 21.7. The van der Waals surface area contributed by atoms with Crippen molar-refractivity contribution in [2.75, 3.05) is 0 Å². The van der Waals surface area contributed by atoms with E-state index in [1.807, 2.05) is 49.4 Å². The first-order chi connectivity index (χ1) is 15.2. The summed E-state index contributed by atoms with van der Waals surface area (Å²) in [7, 11) is 0. The number of benzene rings is 3. The standard InChI is InChI=1S/C26H26Cl2FNO2/c1-17(30-25(31)26(2,3)32-21-13-14-23(28)24(29)16-21)22(19-7-5-4-6-8-19)15-18-9-11-20(27)12-10-18/h4-14,16-17,22H,15H2,1-3H3,(H,30,31). The van der Waals surface area contributed by atoms with Crippen LogP contribution in [0, 0.1) is 5.82 Å². The zero-order valence-corrected chi connectivity index (χ0v) is 19.8. The van der Waals surface area contributed by atoms with Crippen LogP contribution in [-0.4, -0.2) is 17.6 Å². The van der Waals surface area contributed by atoms with Crippen LogP contribution in [0.2, 0.25) is 10.0 Å². The fourth-order valence-corrected chi connectivity index (χ4v) is 3.76. The van der Waals surface area contributed by atoms with E-state index in [2.05, 4.69) is 17.4 Å². The van der Waals surface area contributed by atoms with E-state index in [-0.39, 0.29) is 28.6 Å².